The summed E-state index contributed by atoms with van der Waals surface area (Å²) in [6.07, 6.45) is 3.75. The summed E-state index contributed by atoms with van der Waals surface area (Å²) in [4.78, 5) is 4.46. The molecule has 0 amide bonds. The van der Waals surface area contributed by atoms with Crippen molar-refractivity contribution in [3.05, 3.63) is 41.3 Å². The molecule has 0 saturated heterocycles. The molecule has 0 aliphatic heterocycles. The van der Waals surface area contributed by atoms with Crippen molar-refractivity contribution >= 4 is 0 Å². The van der Waals surface area contributed by atoms with E-state index in [2.05, 4.69) is 23.1 Å². The summed E-state index contributed by atoms with van der Waals surface area (Å²) in [7, 11) is 0. The van der Waals surface area contributed by atoms with Crippen LogP contribution in [0.3, 0.4) is 0 Å². The summed E-state index contributed by atoms with van der Waals surface area (Å²) in [6.45, 7) is 6.11. The van der Waals surface area contributed by atoms with Gasteiger partial charge in [0.25, 0.3) is 0 Å². The zero-order valence-corrected chi connectivity index (χ0v) is 11.2. The molecule has 0 aliphatic carbocycles. The lowest BCUT2D eigenvalue weighted by Gasteiger charge is -2.09. The molecular weight excluding hydrogens is 224 g/mol. The number of hydrogen-bond acceptors (Lipinski definition) is 3. The number of aryl methyl sites for hydroxylation is 2. The predicted molar refractivity (Wildman–Crippen MR) is 72.8 cm³/mol. The van der Waals surface area contributed by atoms with Crippen LogP contribution in [-0.4, -0.2) is 20.8 Å². The van der Waals surface area contributed by atoms with Crippen molar-refractivity contribution in [3.63, 3.8) is 0 Å². The van der Waals surface area contributed by atoms with Crippen molar-refractivity contribution in [1.29, 1.82) is 0 Å². The fourth-order valence-corrected chi connectivity index (χ4v) is 1.97. The largest absolute Gasteiger partial charge is 0.327 e. The van der Waals surface area contributed by atoms with Gasteiger partial charge in [-0.1, -0.05) is 13.0 Å². The molecule has 0 aromatic carbocycles. The first-order chi connectivity index (χ1) is 8.60. The van der Waals surface area contributed by atoms with E-state index in [0.29, 0.717) is 0 Å². The molecule has 2 aromatic rings. The molecule has 2 N–H and O–H groups in total. The average molecular weight is 244 g/mol. The second-order valence-corrected chi connectivity index (χ2v) is 4.74. The number of nitrogens with zero attached hydrogens (tertiary/aromatic N) is 3. The van der Waals surface area contributed by atoms with Crippen LogP contribution in [0.25, 0.3) is 5.82 Å². The van der Waals surface area contributed by atoms with Gasteiger partial charge in [0.05, 0.1) is 5.69 Å². The van der Waals surface area contributed by atoms with Crippen molar-refractivity contribution in [2.24, 2.45) is 5.73 Å². The zero-order valence-electron chi connectivity index (χ0n) is 11.2. The smallest absolute Gasteiger partial charge is 0.153 e. The minimum Gasteiger partial charge on any atom is -0.327 e. The average Bonchev–Trinajstić information content (AvgIpc) is 2.69. The maximum absolute atomic E-state index is 5.94. The summed E-state index contributed by atoms with van der Waals surface area (Å²) in [5.74, 6) is 0.856. The molecule has 0 saturated carbocycles. The summed E-state index contributed by atoms with van der Waals surface area (Å²) >= 11 is 0. The van der Waals surface area contributed by atoms with Crippen molar-refractivity contribution < 1.29 is 0 Å². The Morgan fingerprint density at radius 3 is 2.61 bits per heavy atom. The maximum Gasteiger partial charge on any atom is 0.153 e. The molecule has 18 heavy (non-hydrogen) atoms. The molecule has 0 spiro atoms. The fourth-order valence-electron chi connectivity index (χ4n) is 1.97. The molecule has 4 nitrogen and oxygen atoms in total. The number of hydrogen-bond donors (Lipinski definition) is 1. The minimum absolute atomic E-state index is 0.214. The van der Waals surface area contributed by atoms with Crippen LogP contribution >= 0.6 is 0 Å². The van der Waals surface area contributed by atoms with E-state index in [1.165, 1.54) is 5.56 Å². The molecule has 2 heterocycles. The lowest BCUT2D eigenvalue weighted by molar-refractivity contribution is 0.644. The van der Waals surface area contributed by atoms with Gasteiger partial charge in [-0.15, -0.1) is 0 Å². The Balaban J connectivity index is 2.19. The number of pyridine rings is 1. The van der Waals surface area contributed by atoms with Gasteiger partial charge in [0.1, 0.15) is 0 Å². The fraction of sp³-hybridized carbons (Fsp3) is 0.429. The minimum atomic E-state index is 0.214. The lowest BCUT2D eigenvalue weighted by Crippen LogP contribution is -2.21. The van der Waals surface area contributed by atoms with Crippen LogP contribution in [-0.2, 0) is 6.42 Å². The Bertz CT molecular complexity index is 513. The highest BCUT2D eigenvalue weighted by atomic mass is 15.3. The molecule has 2 aromatic heterocycles. The Morgan fingerprint density at radius 2 is 2.11 bits per heavy atom. The Labute approximate surface area is 108 Å². The molecule has 96 valence electrons. The third-order valence-corrected chi connectivity index (χ3v) is 3.06. The molecule has 1 unspecified atom stereocenters. The highest BCUT2D eigenvalue weighted by Crippen LogP contribution is 2.11. The van der Waals surface area contributed by atoms with Gasteiger partial charge in [-0.3, -0.25) is 0 Å². The Hall–Kier alpha value is -1.68. The summed E-state index contributed by atoms with van der Waals surface area (Å²) in [5, 5.41) is 4.42. The first kappa shape index (κ1) is 12.8. The number of aromatic nitrogens is 3. The number of nitrogens with two attached hydrogens (primary N) is 1. The predicted octanol–water partition coefficient (Wildman–Crippen LogP) is 2.16. The van der Waals surface area contributed by atoms with Gasteiger partial charge in [-0.05, 0) is 44.4 Å². The van der Waals surface area contributed by atoms with Crippen LogP contribution in [0.15, 0.2) is 24.4 Å². The van der Waals surface area contributed by atoms with Crippen LogP contribution in [0.4, 0.5) is 0 Å². The first-order valence-corrected chi connectivity index (χ1v) is 6.34. The van der Waals surface area contributed by atoms with E-state index in [-0.39, 0.29) is 6.04 Å². The molecule has 2 rings (SSSR count). The van der Waals surface area contributed by atoms with E-state index in [9.17, 15) is 0 Å². The highest BCUT2D eigenvalue weighted by molar-refractivity contribution is 5.28. The van der Waals surface area contributed by atoms with Crippen molar-refractivity contribution in [1.82, 2.24) is 14.8 Å². The SMILES string of the molecule is CCC(N)Cc1ccc(-n2nc(C)cc2C)nc1. The number of rotatable bonds is 4. The van der Waals surface area contributed by atoms with Crippen LogP contribution in [0.2, 0.25) is 0 Å². The summed E-state index contributed by atoms with van der Waals surface area (Å²) in [5.41, 5.74) is 9.21. The molecule has 1 atom stereocenters. The summed E-state index contributed by atoms with van der Waals surface area (Å²) < 4.78 is 1.86. The maximum atomic E-state index is 5.94. The molecule has 0 aliphatic rings. The lowest BCUT2D eigenvalue weighted by atomic mass is 10.1. The van der Waals surface area contributed by atoms with Gasteiger partial charge in [-0.25, -0.2) is 9.67 Å². The van der Waals surface area contributed by atoms with E-state index in [1.807, 2.05) is 36.9 Å². The van der Waals surface area contributed by atoms with E-state index < -0.39 is 0 Å². The molecular formula is C14H20N4. The van der Waals surface area contributed by atoms with Crippen molar-refractivity contribution in [2.45, 2.75) is 39.7 Å². The van der Waals surface area contributed by atoms with Crippen LogP contribution in [0.5, 0.6) is 0 Å². The van der Waals surface area contributed by atoms with Gasteiger partial charge in [0, 0.05) is 17.9 Å². The molecule has 0 radical (unpaired) electrons. The second-order valence-electron chi connectivity index (χ2n) is 4.74. The van der Waals surface area contributed by atoms with Crippen LogP contribution in [0.1, 0.15) is 30.3 Å². The second kappa shape index (κ2) is 5.31. The molecule has 0 fully saturated rings. The van der Waals surface area contributed by atoms with Gasteiger partial charge in [0.15, 0.2) is 5.82 Å². The monoisotopic (exact) mass is 244 g/mol. The third-order valence-electron chi connectivity index (χ3n) is 3.06. The van der Waals surface area contributed by atoms with Crippen molar-refractivity contribution in [2.75, 3.05) is 0 Å². The van der Waals surface area contributed by atoms with E-state index in [4.69, 9.17) is 5.73 Å². The third kappa shape index (κ3) is 2.76. The topological polar surface area (TPSA) is 56.7 Å². The van der Waals surface area contributed by atoms with E-state index in [0.717, 1.165) is 30.0 Å². The normalized spacial score (nSPS) is 12.7. The van der Waals surface area contributed by atoms with Crippen LogP contribution < -0.4 is 5.73 Å². The highest BCUT2D eigenvalue weighted by Gasteiger charge is 2.06. The Kier molecular flexibility index (Phi) is 3.77. The van der Waals surface area contributed by atoms with Crippen molar-refractivity contribution in [3.8, 4) is 5.82 Å². The van der Waals surface area contributed by atoms with Gasteiger partial charge < -0.3 is 5.73 Å². The Morgan fingerprint density at radius 1 is 1.33 bits per heavy atom. The quantitative estimate of drug-likeness (QED) is 0.896. The molecule has 0 bridgehead atoms. The zero-order chi connectivity index (χ0) is 13.1. The van der Waals surface area contributed by atoms with Gasteiger partial charge in [0.2, 0.25) is 0 Å². The molecule has 4 heteroatoms. The van der Waals surface area contributed by atoms with E-state index >= 15 is 0 Å². The summed E-state index contributed by atoms with van der Waals surface area (Å²) in [6, 6.07) is 6.33. The van der Waals surface area contributed by atoms with Gasteiger partial charge in [-0.2, -0.15) is 5.10 Å². The first-order valence-electron chi connectivity index (χ1n) is 6.34. The van der Waals surface area contributed by atoms with E-state index in [1.54, 1.807) is 0 Å². The van der Waals surface area contributed by atoms with Crippen LogP contribution in [0, 0.1) is 13.8 Å². The standard InChI is InChI=1S/C14H20N4/c1-4-13(15)8-12-5-6-14(16-9-12)18-11(3)7-10(2)17-18/h5-7,9,13H,4,8,15H2,1-3H3. The van der Waals surface area contributed by atoms with Gasteiger partial charge >= 0.3 is 0 Å².